The van der Waals surface area contributed by atoms with E-state index in [-0.39, 0.29) is 11.8 Å². The second-order valence-corrected chi connectivity index (χ2v) is 5.39. The average Bonchev–Trinajstić information content (AvgIpc) is 2.80. The lowest BCUT2D eigenvalue weighted by Gasteiger charge is -2.14. The predicted octanol–water partition coefficient (Wildman–Crippen LogP) is 3.01. The summed E-state index contributed by atoms with van der Waals surface area (Å²) in [6, 6.07) is 13.6. The second-order valence-electron chi connectivity index (χ2n) is 5.39. The first-order valence-electron chi connectivity index (χ1n) is 7.23. The number of fused-ring (bicyclic) bond motifs is 1. The van der Waals surface area contributed by atoms with Gasteiger partial charge < -0.3 is 14.4 Å². The summed E-state index contributed by atoms with van der Waals surface area (Å²) < 4.78 is 10.7. The average molecular weight is 297 g/mol. The van der Waals surface area contributed by atoms with Gasteiger partial charge in [0.05, 0.1) is 20.1 Å². The molecule has 1 atom stereocenters. The van der Waals surface area contributed by atoms with Gasteiger partial charge in [-0.1, -0.05) is 18.2 Å². The highest BCUT2D eigenvalue weighted by Gasteiger charge is 2.35. The molecule has 4 heteroatoms. The molecule has 0 radical (unpaired) electrons. The molecule has 0 aliphatic carbocycles. The summed E-state index contributed by atoms with van der Waals surface area (Å²) in [5.41, 5.74) is 3.03. The Hall–Kier alpha value is -2.49. The van der Waals surface area contributed by atoms with Crippen LogP contribution >= 0.6 is 0 Å². The van der Waals surface area contributed by atoms with Crippen molar-refractivity contribution in [1.82, 2.24) is 0 Å². The maximum Gasteiger partial charge on any atom is 0.234 e. The highest BCUT2D eigenvalue weighted by molar-refractivity contribution is 6.04. The SMILES string of the molecule is COc1ccc(OC)c(CC2C(=O)N(C)c3ccccc32)c1. The first-order valence-corrected chi connectivity index (χ1v) is 7.23. The number of rotatable bonds is 4. The summed E-state index contributed by atoms with van der Waals surface area (Å²) in [6.07, 6.45) is 0.598. The number of nitrogens with zero attached hydrogens (tertiary/aromatic N) is 1. The molecule has 1 amide bonds. The van der Waals surface area contributed by atoms with E-state index < -0.39 is 0 Å². The standard InChI is InChI=1S/C18H19NO3/c1-19-16-7-5-4-6-14(16)15(18(19)20)11-12-10-13(21-2)8-9-17(12)22-3/h4-10,15H,11H2,1-3H3. The fourth-order valence-electron chi connectivity index (χ4n) is 3.03. The Morgan fingerprint density at radius 1 is 1.09 bits per heavy atom. The Morgan fingerprint density at radius 2 is 1.86 bits per heavy atom. The van der Waals surface area contributed by atoms with Crippen LogP contribution in [-0.2, 0) is 11.2 Å². The first-order chi connectivity index (χ1) is 10.7. The molecular weight excluding hydrogens is 278 g/mol. The Bertz CT molecular complexity index is 711. The van der Waals surface area contributed by atoms with E-state index in [0.29, 0.717) is 6.42 Å². The van der Waals surface area contributed by atoms with Crippen molar-refractivity contribution in [1.29, 1.82) is 0 Å². The molecule has 0 fully saturated rings. The molecule has 1 aliphatic rings. The van der Waals surface area contributed by atoms with E-state index in [1.165, 1.54) is 0 Å². The molecular formula is C18H19NO3. The van der Waals surface area contributed by atoms with E-state index in [1.54, 1.807) is 19.1 Å². The van der Waals surface area contributed by atoms with Crippen molar-refractivity contribution >= 4 is 11.6 Å². The maximum absolute atomic E-state index is 12.6. The summed E-state index contributed by atoms with van der Waals surface area (Å²) in [7, 11) is 5.10. The molecule has 4 nitrogen and oxygen atoms in total. The lowest BCUT2D eigenvalue weighted by Crippen LogP contribution is -2.25. The van der Waals surface area contributed by atoms with Crippen molar-refractivity contribution in [2.75, 3.05) is 26.2 Å². The highest BCUT2D eigenvalue weighted by atomic mass is 16.5. The lowest BCUT2D eigenvalue weighted by molar-refractivity contribution is -0.119. The third kappa shape index (κ3) is 2.30. The number of ether oxygens (including phenoxy) is 2. The summed E-state index contributed by atoms with van der Waals surface area (Å²) in [5.74, 6) is 1.48. The van der Waals surface area contributed by atoms with Crippen molar-refractivity contribution in [2.45, 2.75) is 12.3 Å². The minimum atomic E-state index is -0.179. The van der Waals surface area contributed by atoms with Gasteiger partial charge in [-0.05, 0) is 41.8 Å². The number of benzene rings is 2. The van der Waals surface area contributed by atoms with Crippen LogP contribution in [0.25, 0.3) is 0 Å². The summed E-state index contributed by atoms with van der Waals surface area (Å²) in [6.45, 7) is 0. The van der Waals surface area contributed by atoms with Gasteiger partial charge >= 0.3 is 0 Å². The molecule has 1 unspecified atom stereocenters. The lowest BCUT2D eigenvalue weighted by atomic mass is 9.92. The fraction of sp³-hybridized carbons (Fsp3) is 0.278. The number of carbonyl (C=O) groups excluding carboxylic acids is 1. The van der Waals surface area contributed by atoms with Crippen LogP contribution in [0.2, 0.25) is 0 Å². The molecule has 2 aromatic rings. The molecule has 22 heavy (non-hydrogen) atoms. The van der Waals surface area contributed by atoms with E-state index >= 15 is 0 Å². The normalized spacial score (nSPS) is 16.6. The Balaban J connectivity index is 1.98. The summed E-state index contributed by atoms with van der Waals surface area (Å²) in [4.78, 5) is 14.3. The first kappa shape index (κ1) is 14.4. The predicted molar refractivity (Wildman–Crippen MR) is 85.8 cm³/mol. The molecule has 2 aromatic carbocycles. The van der Waals surface area contributed by atoms with E-state index in [1.807, 2.05) is 49.5 Å². The third-order valence-corrected chi connectivity index (χ3v) is 4.21. The van der Waals surface area contributed by atoms with Crippen molar-refractivity contribution in [3.05, 3.63) is 53.6 Å². The minimum absolute atomic E-state index is 0.117. The van der Waals surface area contributed by atoms with Crippen LogP contribution in [0.3, 0.4) is 0 Å². The van der Waals surface area contributed by atoms with E-state index in [0.717, 1.165) is 28.3 Å². The molecule has 1 aliphatic heterocycles. The molecule has 114 valence electrons. The molecule has 0 saturated heterocycles. The van der Waals surface area contributed by atoms with Crippen molar-refractivity contribution < 1.29 is 14.3 Å². The van der Waals surface area contributed by atoms with Gasteiger partial charge in [0.25, 0.3) is 0 Å². The van der Waals surface area contributed by atoms with Gasteiger partial charge in [-0.15, -0.1) is 0 Å². The monoisotopic (exact) mass is 297 g/mol. The van der Waals surface area contributed by atoms with Gasteiger partial charge in [0.15, 0.2) is 0 Å². The molecule has 3 rings (SSSR count). The van der Waals surface area contributed by atoms with Crippen LogP contribution in [0.5, 0.6) is 11.5 Å². The van der Waals surface area contributed by atoms with Crippen LogP contribution in [0.1, 0.15) is 17.0 Å². The van der Waals surface area contributed by atoms with Crippen LogP contribution in [0.4, 0.5) is 5.69 Å². The van der Waals surface area contributed by atoms with Crippen LogP contribution in [0.15, 0.2) is 42.5 Å². The summed E-state index contributed by atoms with van der Waals surface area (Å²) >= 11 is 0. The maximum atomic E-state index is 12.6. The van der Waals surface area contributed by atoms with Crippen LogP contribution < -0.4 is 14.4 Å². The largest absolute Gasteiger partial charge is 0.497 e. The van der Waals surface area contributed by atoms with Gasteiger partial charge in [0.1, 0.15) is 11.5 Å². The fourth-order valence-corrected chi connectivity index (χ4v) is 3.03. The Labute approximate surface area is 130 Å². The van der Waals surface area contributed by atoms with E-state index in [9.17, 15) is 4.79 Å². The van der Waals surface area contributed by atoms with E-state index in [4.69, 9.17) is 9.47 Å². The number of hydrogen-bond donors (Lipinski definition) is 0. The smallest absolute Gasteiger partial charge is 0.234 e. The van der Waals surface area contributed by atoms with Crippen LogP contribution in [0, 0.1) is 0 Å². The zero-order chi connectivity index (χ0) is 15.7. The zero-order valence-corrected chi connectivity index (χ0v) is 13.0. The van der Waals surface area contributed by atoms with Crippen molar-refractivity contribution in [2.24, 2.45) is 0 Å². The molecule has 0 N–H and O–H groups in total. The van der Waals surface area contributed by atoms with Gasteiger partial charge in [-0.2, -0.15) is 0 Å². The minimum Gasteiger partial charge on any atom is -0.497 e. The summed E-state index contributed by atoms with van der Waals surface area (Å²) in [5, 5.41) is 0. The Kier molecular flexibility index (Phi) is 3.75. The van der Waals surface area contributed by atoms with Crippen molar-refractivity contribution in [3.8, 4) is 11.5 Å². The molecule has 0 aromatic heterocycles. The number of anilines is 1. The molecule has 0 spiro atoms. The van der Waals surface area contributed by atoms with E-state index in [2.05, 4.69) is 0 Å². The molecule has 0 saturated carbocycles. The number of likely N-dealkylation sites (N-methyl/N-ethyl adjacent to an activating group) is 1. The highest BCUT2D eigenvalue weighted by Crippen LogP contribution is 2.39. The third-order valence-electron chi connectivity index (χ3n) is 4.21. The van der Waals surface area contributed by atoms with Gasteiger partial charge in [-0.25, -0.2) is 0 Å². The van der Waals surface area contributed by atoms with Gasteiger partial charge in [0, 0.05) is 12.7 Å². The number of carbonyl (C=O) groups is 1. The number of hydrogen-bond acceptors (Lipinski definition) is 3. The Morgan fingerprint density at radius 3 is 2.59 bits per heavy atom. The zero-order valence-electron chi connectivity index (χ0n) is 13.0. The number of para-hydroxylation sites is 1. The topological polar surface area (TPSA) is 38.8 Å². The second kappa shape index (κ2) is 5.72. The van der Waals surface area contributed by atoms with Crippen molar-refractivity contribution in [3.63, 3.8) is 0 Å². The van der Waals surface area contributed by atoms with Gasteiger partial charge in [-0.3, -0.25) is 4.79 Å². The number of methoxy groups -OCH3 is 2. The quantitative estimate of drug-likeness (QED) is 0.871. The number of amides is 1. The molecule has 1 heterocycles. The molecule has 0 bridgehead atoms. The van der Waals surface area contributed by atoms with Gasteiger partial charge in [0.2, 0.25) is 5.91 Å². The van der Waals surface area contributed by atoms with Crippen LogP contribution in [-0.4, -0.2) is 27.2 Å².